The lowest BCUT2D eigenvalue weighted by molar-refractivity contribution is 0.319. The predicted octanol–water partition coefficient (Wildman–Crippen LogP) is 3.60. The van der Waals surface area contributed by atoms with Gasteiger partial charge in [-0.15, -0.1) is 0 Å². The average molecular weight is 284 g/mol. The summed E-state index contributed by atoms with van der Waals surface area (Å²) in [6.45, 7) is 3.38. The predicted molar refractivity (Wildman–Crippen MR) is 84.9 cm³/mol. The zero-order valence-electron chi connectivity index (χ0n) is 12.1. The van der Waals surface area contributed by atoms with Crippen molar-refractivity contribution in [2.24, 2.45) is 0 Å². The van der Waals surface area contributed by atoms with Crippen molar-refractivity contribution in [1.82, 2.24) is 0 Å². The van der Waals surface area contributed by atoms with Gasteiger partial charge in [0, 0.05) is 17.3 Å². The summed E-state index contributed by atoms with van der Waals surface area (Å²) < 4.78 is 11.3. The van der Waals surface area contributed by atoms with E-state index in [0.29, 0.717) is 18.9 Å². The Hall–Kier alpha value is -2.36. The van der Waals surface area contributed by atoms with Gasteiger partial charge in [0.1, 0.15) is 18.1 Å². The highest BCUT2D eigenvalue weighted by Crippen LogP contribution is 2.35. The topological polar surface area (TPSA) is 56.5 Å². The van der Waals surface area contributed by atoms with Crippen LogP contribution >= 0.6 is 0 Å². The lowest BCUT2D eigenvalue weighted by atomic mass is 10.1. The van der Waals surface area contributed by atoms with Crippen LogP contribution < -0.4 is 20.5 Å². The summed E-state index contributed by atoms with van der Waals surface area (Å²) in [6, 6.07) is 14.0. The fourth-order valence-corrected chi connectivity index (χ4v) is 2.44. The first kappa shape index (κ1) is 13.6. The van der Waals surface area contributed by atoms with Gasteiger partial charge in [0.2, 0.25) is 0 Å². The van der Waals surface area contributed by atoms with Crippen molar-refractivity contribution in [2.45, 2.75) is 19.4 Å². The summed E-state index contributed by atoms with van der Waals surface area (Å²) in [4.78, 5) is 0. The summed E-state index contributed by atoms with van der Waals surface area (Å²) in [6.07, 6.45) is 0.959. The highest BCUT2D eigenvalue weighted by Gasteiger charge is 2.23. The van der Waals surface area contributed by atoms with Crippen LogP contribution in [0.25, 0.3) is 0 Å². The molecule has 0 spiro atoms. The van der Waals surface area contributed by atoms with Crippen molar-refractivity contribution in [3.05, 3.63) is 48.0 Å². The molecule has 110 valence electrons. The molecule has 1 atom stereocenters. The molecule has 2 aromatic rings. The third-order valence-corrected chi connectivity index (χ3v) is 3.52. The van der Waals surface area contributed by atoms with Gasteiger partial charge in [-0.25, -0.2) is 0 Å². The first-order chi connectivity index (χ1) is 10.3. The second kappa shape index (κ2) is 5.95. The van der Waals surface area contributed by atoms with E-state index in [1.54, 1.807) is 0 Å². The number of nitrogens with two attached hydrogens (primary N) is 1. The average Bonchev–Trinajstić information content (AvgIpc) is 2.91. The Morgan fingerprint density at radius 1 is 1.29 bits per heavy atom. The smallest absolute Gasteiger partial charge is 0.144 e. The minimum absolute atomic E-state index is 0.156. The molecule has 4 nitrogen and oxygen atoms in total. The Kier molecular flexibility index (Phi) is 3.86. The largest absolute Gasteiger partial charge is 0.491 e. The molecular weight excluding hydrogens is 264 g/mol. The molecule has 4 heteroatoms. The van der Waals surface area contributed by atoms with E-state index in [9.17, 15) is 0 Å². The van der Waals surface area contributed by atoms with Gasteiger partial charge < -0.3 is 20.5 Å². The fourth-order valence-electron chi connectivity index (χ4n) is 2.44. The van der Waals surface area contributed by atoms with Crippen LogP contribution in [0.1, 0.15) is 24.9 Å². The minimum Gasteiger partial charge on any atom is -0.491 e. The van der Waals surface area contributed by atoms with Crippen molar-refractivity contribution in [2.75, 3.05) is 24.3 Å². The Morgan fingerprint density at radius 3 is 3.00 bits per heavy atom. The molecule has 1 aliphatic heterocycles. The summed E-state index contributed by atoms with van der Waals surface area (Å²) >= 11 is 0. The van der Waals surface area contributed by atoms with E-state index in [1.807, 2.05) is 36.4 Å². The lowest BCUT2D eigenvalue weighted by Crippen LogP contribution is -2.12. The van der Waals surface area contributed by atoms with Gasteiger partial charge in [-0.1, -0.05) is 25.1 Å². The minimum atomic E-state index is 0.156. The Labute approximate surface area is 124 Å². The SMILES string of the molecule is CCCOc1cc(NC2COc3ccccc32)ccc1N. The number of nitrogen functional groups attached to an aromatic ring is 1. The van der Waals surface area contributed by atoms with Gasteiger partial charge in [0.25, 0.3) is 0 Å². The maximum atomic E-state index is 5.94. The molecule has 1 heterocycles. The molecule has 0 aromatic heterocycles. The molecule has 0 saturated heterocycles. The molecule has 1 unspecified atom stereocenters. The normalized spacial score (nSPS) is 16.1. The molecule has 0 saturated carbocycles. The number of nitrogens with one attached hydrogen (secondary N) is 1. The molecular formula is C17H20N2O2. The third-order valence-electron chi connectivity index (χ3n) is 3.52. The Bertz CT molecular complexity index is 628. The standard InChI is InChI=1S/C17H20N2O2/c1-2-9-20-17-10-12(7-8-14(17)18)19-15-11-21-16-6-4-3-5-13(15)16/h3-8,10,15,19H,2,9,11,18H2,1H3. The van der Waals surface area contributed by atoms with E-state index in [1.165, 1.54) is 5.56 Å². The number of hydrogen-bond donors (Lipinski definition) is 2. The molecule has 1 aliphatic rings. The van der Waals surface area contributed by atoms with E-state index in [2.05, 4.69) is 18.3 Å². The lowest BCUT2D eigenvalue weighted by Gasteiger charge is -2.15. The van der Waals surface area contributed by atoms with E-state index >= 15 is 0 Å². The van der Waals surface area contributed by atoms with Gasteiger partial charge in [-0.3, -0.25) is 0 Å². The van der Waals surface area contributed by atoms with Crippen molar-refractivity contribution in [3.8, 4) is 11.5 Å². The molecule has 0 bridgehead atoms. The second-order valence-corrected chi connectivity index (χ2v) is 5.15. The number of hydrogen-bond acceptors (Lipinski definition) is 4. The molecule has 3 rings (SSSR count). The highest BCUT2D eigenvalue weighted by molar-refractivity contribution is 5.62. The van der Waals surface area contributed by atoms with Crippen molar-refractivity contribution < 1.29 is 9.47 Å². The zero-order valence-corrected chi connectivity index (χ0v) is 12.1. The van der Waals surface area contributed by atoms with Crippen molar-refractivity contribution in [3.63, 3.8) is 0 Å². The van der Waals surface area contributed by atoms with Crippen molar-refractivity contribution >= 4 is 11.4 Å². The quantitative estimate of drug-likeness (QED) is 0.824. The van der Waals surface area contributed by atoms with Crippen LogP contribution in [0, 0.1) is 0 Å². The van der Waals surface area contributed by atoms with Crippen molar-refractivity contribution in [1.29, 1.82) is 0 Å². The monoisotopic (exact) mass is 284 g/mol. The van der Waals surface area contributed by atoms with Gasteiger partial charge in [-0.2, -0.15) is 0 Å². The van der Waals surface area contributed by atoms with Gasteiger partial charge in [0.05, 0.1) is 18.3 Å². The highest BCUT2D eigenvalue weighted by atomic mass is 16.5. The van der Waals surface area contributed by atoms with Crippen LogP contribution in [0.2, 0.25) is 0 Å². The first-order valence-electron chi connectivity index (χ1n) is 7.28. The molecule has 0 amide bonds. The van der Waals surface area contributed by atoms with Gasteiger partial charge >= 0.3 is 0 Å². The van der Waals surface area contributed by atoms with Gasteiger partial charge in [-0.05, 0) is 24.6 Å². The molecule has 2 aromatic carbocycles. The maximum absolute atomic E-state index is 5.94. The summed E-state index contributed by atoms with van der Waals surface area (Å²) in [5, 5.41) is 3.48. The molecule has 0 radical (unpaired) electrons. The fraction of sp³-hybridized carbons (Fsp3) is 0.294. The number of fused-ring (bicyclic) bond motifs is 1. The summed E-state index contributed by atoms with van der Waals surface area (Å²) in [5.41, 5.74) is 8.77. The van der Waals surface area contributed by atoms with Crippen LogP contribution in [-0.2, 0) is 0 Å². The van der Waals surface area contributed by atoms with Crippen LogP contribution in [-0.4, -0.2) is 13.2 Å². The number of rotatable bonds is 5. The second-order valence-electron chi connectivity index (χ2n) is 5.15. The first-order valence-corrected chi connectivity index (χ1v) is 7.28. The molecule has 0 fully saturated rings. The number of anilines is 2. The Balaban J connectivity index is 1.77. The molecule has 21 heavy (non-hydrogen) atoms. The number of para-hydroxylation sites is 1. The number of benzene rings is 2. The van der Waals surface area contributed by atoms with Crippen LogP contribution in [0.3, 0.4) is 0 Å². The van der Waals surface area contributed by atoms with Gasteiger partial charge in [0.15, 0.2) is 0 Å². The van der Waals surface area contributed by atoms with E-state index in [-0.39, 0.29) is 6.04 Å². The maximum Gasteiger partial charge on any atom is 0.144 e. The molecule has 0 aliphatic carbocycles. The molecule has 3 N–H and O–H groups in total. The third kappa shape index (κ3) is 2.89. The van der Waals surface area contributed by atoms with E-state index in [4.69, 9.17) is 15.2 Å². The van der Waals surface area contributed by atoms with E-state index in [0.717, 1.165) is 23.6 Å². The van der Waals surface area contributed by atoms with Crippen LogP contribution in [0.4, 0.5) is 11.4 Å². The zero-order chi connectivity index (χ0) is 14.7. The van der Waals surface area contributed by atoms with E-state index < -0.39 is 0 Å². The summed E-state index contributed by atoms with van der Waals surface area (Å²) in [7, 11) is 0. The van der Waals surface area contributed by atoms with Crippen LogP contribution in [0.15, 0.2) is 42.5 Å². The van der Waals surface area contributed by atoms with Crippen LogP contribution in [0.5, 0.6) is 11.5 Å². The number of ether oxygens (including phenoxy) is 2. The Morgan fingerprint density at radius 2 is 2.14 bits per heavy atom. The summed E-state index contributed by atoms with van der Waals surface area (Å²) in [5.74, 6) is 1.68.